The molecule has 55 heavy (non-hydrogen) atoms. The second kappa shape index (κ2) is 13.9. The predicted octanol–water partition coefficient (Wildman–Crippen LogP) is 13.1. The van der Waals surface area contributed by atoms with E-state index < -0.39 is 164 Å². The van der Waals surface area contributed by atoms with E-state index in [1.807, 2.05) is 0 Å². The molecule has 0 radical (unpaired) electrons. The van der Waals surface area contributed by atoms with E-state index in [1.54, 1.807) is 0 Å². The molecule has 31 heteroatoms. The summed E-state index contributed by atoms with van der Waals surface area (Å²) in [7, 11) is 0. The summed E-state index contributed by atoms with van der Waals surface area (Å²) in [5, 5.41) is 0. The molecule has 316 valence electrons. The van der Waals surface area contributed by atoms with E-state index in [-0.39, 0.29) is 0 Å². The molecule has 1 N–H and O–H groups in total. The molecule has 1 nitrogen and oxygen atoms in total. The number of nitrogens with one attached hydrogen (secondary N) is 1. The standard InChI is InChI=1S/C24H7F28NS2/c25-13(17(29,30)31,18(32,33)34)7-1-8(14(26,19(35,36)37)20(38,39)40)4-11(3-7)54-53-55-12-5-9(15(27,21(41,42)43)22(44,45)46)2-10(6-12)16(28,23(47,48)49)24(50,51)52/h1-6,53H. The summed E-state index contributed by atoms with van der Waals surface area (Å²) >= 11 is -2.20. The minimum Gasteiger partial charge on any atom is -0.218 e. The van der Waals surface area contributed by atoms with Crippen molar-refractivity contribution in [2.24, 2.45) is 0 Å². The van der Waals surface area contributed by atoms with Crippen molar-refractivity contribution in [2.45, 2.75) is 81.9 Å². The zero-order valence-electron chi connectivity index (χ0n) is 24.4. The van der Waals surface area contributed by atoms with Gasteiger partial charge in [-0.3, -0.25) is 0 Å². The first kappa shape index (κ1) is 48.3. The molecule has 2 rings (SSSR count). The Balaban J connectivity index is 2.98. The lowest BCUT2D eigenvalue weighted by Gasteiger charge is -2.34. The van der Waals surface area contributed by atoms with E-state index in [0.29, 0.717) is 0 Å². The van der Waals surface area contributed by atoms with Crippen molar-refractivity contribution in [2.75, 3.05) is 0 Å². The minimum atomic E-state index is -7.37. The third kappa shape index (κ3) is 8.14. The summed E-state index contributed by atoms with van der Waals surface area (Å²) in [4.78, 5) is -4.14. The van der Waals surface area contributed by atoms with Gasteiger partial charge in [0.15, 0.2) is 0 Å². The Kier molecular flexibility index (Phi) is 12.2. The number of alkyl halides is 28. The smallest absolute Gasteiger partial charge is 0.218 e. The van der Waals surface area contributed by atoms with Crippen LogP contribution in [0.2, 0.25) is 0 Å². The van der Waals surface area contributed by atoms with Crippen LogP contribution in [0.5, 0.6) is 0 Å². The van der Waals surface area contributed by atoms with Crippen LogP contribution in [-0.4, -0.2) is 49.4 Å². The molecule has 0 aliphatic heterocycles. The Hall–Kier alpha value is -2.86. The molecule has 0 amide bonds. The Morgan fingerprint density at radius 2 is 0.400 bits per heavy atom. The molecular formula is C24H7F28NS2. The second-order valence-electron chi connectivity index (χ2n) is 10.4. The van der Waals surface area contributed by atoms with Gasteiger partial charge in [0, 0.05) is 32.0 Å². The first-order valence-corrected chi connectivity index (χ1v) is 14.2. The predicted molar refractivity (Wildman–Crippen MR) is 127 cm³/mol. The molecule has 0 spiro atoms. The molecule has 0 aliphatic rings. The normalized spacial score (nSPS) is 15.5. The summed E-state index contributed by atoms with van der Waals surface area (Å²) < 4.78 is 381. The summed E-state index contributed by atoms with van der Waals surface area (Å²) in [6.07, 6.45) is -59.0. The van der Waals surface area contributed by atoms with Gasteiger partial charge in [0.2, 0.25) is 0 Å². The lowest BCUT2D eigenvalue weighted by atomic mass is 9.87. The maximum Gasteiger partial charge on any atom is 0.435 e. The van der Waals surface area contributed by atoms with Crippen molar-refractivity contribution in [3.05, 3.63) is 58.7 Å². The molecule has 0 aliphatic carbocycles. The van der Waals surface area contributed by atoms with E-state index in [1.165, 1.54) is 0 Å². The molecule has 0 aromatic heterocycles. The molecule has 0 heterocycles. The van der Waals surface area contributed by atoms with Gasteiger partial charge in [0.1, 0.15) is 0 Å². The van der Waals surface area contributed by atoms with Gasteiger partial charge in [-0.15, -0.1) is 0 Å². The summed E-state index contributed by atoms with van der Waals surface area (Å²) in [6, 6.07) is -6.84. The van der Waals surface area contributed by atoms with Crippen molar-refractivity contribution in [3.8, 4) is 0 Å². The Labute approximate surface area is 292 Å². The van der Waals surface area contributed by atoms with Crippen molar-refractivity contribution in [1.29, 1.82) is 0 Å². The van der Waals surface area contributed by atoms with E-state index in [9.17, 15) is 123 Å². The average molecular weight is 905 g/mol. The van der Waals surface area contributed by atoms with Crippen LogP contribution in [-0.2, 0) is 22.7 Å². The fraction of sp³-hybridized carbons (Fsp3) is 0.500. The maximum absolute atomic E-state index is 14.8. The minimum absolute atomic E-state index is 0.933. The highest BCUT2D eigenvalue weighted by Crippen LogP contribution is 2.60. The van der Waals surface area contributed by atoms with Gasteiger partial charge in [-0.1, -0.05) is 0 Å². The van der Waals surface area contributed by atoms with Crippen LogP contribution < -0.4 is 4.13 Å². The van der Waals surface area contributed by atoms with Gasteiger partial charge in [-0.25, -0.2) is 17.6 Å². The maximum atomic E-state index is 14.8. The molecule has 2 aromatic carbocycles. The number of hydrogen-bond donors (Lipinski definition) is 1. The topological polar surface area (TPSA) is 12.0 Å². The Bertz CT molecular complexity index is 1390. The summed E-state index contributed by atoms with van der Waals surface area (Å²) in [6.45, 7) is 0. The SMILES string of the molecule is FC(F)(F)C(F)(c1cc(SNSc2cc(C(F)(C(F)(F)F)C(F)(F)F)cc(C(F)(C(F)(F)F)C(F)(F)F)c2)cc(C(F)(C(F)(F)F)C(F)(F)F)c1)C(F)(F)F. The van der Waals surface area contributed by atoms with E-state index in [2.05, 4.69) is 0 Å². The molecule has 0 saturated heterocycles. The number of halogens is 28. The molecule has 0 fully saturated rings. The van der Waals surface area contributed by atoms with E-state index in [4.69, 9.17) is 0 Å². The average Bonchev–Trinajstić information content (AvgIpc) is 2.94. The highest BCUT2D eigenvalue weighted by molar-refractivity contribution is 8.12. The van der Waals surface area contributed by atoms with Crippen LogP contribution in [0.3, 0.4) is 0 Å². The third-order valence-corrected chi connectivity index (χ3v) is 8.46. The quantitative estimate of drug-likeness (QED) is 0.209. The summed E-state index contributed by atoms with van der Waals surface area (Å²) in [5.74, 6) is 0. The van der Waals surface area contributed by atoms with Crippen molar-refractivity contribution < 1.29 is 123 Å². The van der Waals surface area contributed by atoms with Crippen LogP contribution >= 0.6 is 23.9 Å². The molecule has 2 aromatic rings. The van der Waals surface area contributed by atoms with Crippen molar-refractivity contribution >= 4 is 23.9 Å². The molecule has 0 atom stereocenters. The largest absolute Gasteiger partial charge is 0.435 e. The zero-order valence-corrected chi connectivity index (χ0v) is 26.0. The van der Waals surface area contributed by atoms with Gasteiger partial charge < -0.3 is 0 Å². The fourth-order valence-corrected chi connectivity index (χ4v) is 5.86. The summed E-state index contributed by atoms with van der Waals surface area (Å²) in [5.41, 5.74) is -41.2. The molecule has 0 unspecified atom stereocenters. The second-order valence-corrected chi connectivity index (χ2v) is 12.4. The van der Waals surface area contributed by atoms with Crippen LogP contribution in [0.1, 0.15) is 22.3 Å². The zero-order chi connectivity index (χ0) is 43.8. The van der Waals surface area contributed by atoms with Crippen molar-refractivity contribution in [1.82, 2.24) is 4.13 Å². The van der Waals surface area contributed by atoms with Gasteiger partial charge in [-0.05, 0) is 60.3 Å². The lowest BCUT2D eigenvalue weighted by Crippen LogP contribution is -2.52. The van der Waals surface area contributed by atoms with Crippen LogP contribution in [0.15, 0.2) is 46.2 Å². The number of benzene rings is 2. The van der Waals surface area contributed by atoms with Gasteiger partial charge in [0.05, 0.1) is 0 Å². The first-order chi connectivity index (χ1) is 23.9. The molecular weight excluding hydrogens is 898 g/mol. The fourth-order valence-electron chi connectivity index (χ4n) is 4.18. The number of hydrogen-bond acceptors (Lipinski definition) is 3. The van der Waals surface area contributed by atoms with Crippen LogP contribution in [0.25, 0.3) is 0 Å². The first-order valence-electron chi connectivity index (χ1n) is 12.6. The van der Waals surface area contributed by atoms with Gasteiger partial charge in [0.25, 0.3) is 0 Å². The molecule has 0 bridgehead atoms. The number of rotatable bonds is 8. The highest BCUT2D eigenvalue weighted by Gasteiger charge is 2.78. The van der Waals surface area contributed by atoms with E-state index in [0.717, 1.165) is 4.13 Å². The van der Waals surface area contributed by atoms with Crippen LogP contribution in [0.4, 0.5) is 123 Å². The lowest BCUT2D eigenvalue weighted by molar-refractivity contribution is -0.352. The third-order valence-electron chi connectivity index (χ3n) is 6.85. The monoisotopic (exact) mass is 905 g/mol. The Morgan fingerprint density at radius 3 is 0.527 bits per heavy atom. The van der Waals surface area contributed by atoms with Gasteiger partial charge >= 0.3 is 72.1 Å². The van der Waals surface area contributed by atoms with E-state index >= 15 is 0 Å². The Morgan fingerprint density at radius 1 is 0.255 bits per heavy atom. The van der Waals surface area contributed by atoms with Crippen LogP contribution in [0, 0.1) is 0 Å². The molecule has 0 saturated carbocycles. The highest BCUT2D eigenvalue weighted by atomic mass is 32.2. The van der Waals surface area contributed by atoms with Crippen molar-refractivity contribution in [3.63, 3.8) is 0 Å². The van der Waals surface area contributed by atoms with Gasteiger partial charge in [-0.2, -0.15) is 109 Å².